The Morgan fingerprint density at radius 1 is 0.489 bits per heavy atom. The van der Waals surface area contributed by atoms with Crippen LogP contribution in [0.4, 0.5) is 17.1 Å². The smallest absolute Gasteiger partial charge is 0.0459 e. The number of nitrogens with zero attached hydrogens (tertiary/aromatic N) is 1. The maximum absolute atomic E-state index is 6.29. The van der Waals surface area contributed by atoms with Gasteiger partial charge in [-0.15, -0.1) is 53.8 Å². The number of hydrogen-bond acceptors (Lipinski definition) is 4. The van der Waals surface area contributed by atoms with Crippen molar-refractivity contribution in [2.75, 3.05) is 4.90 Å². The van der Waals surface area contributed by atoms with E-state index in [2.05, 4.69) is 120 Å². The number of anilines is 3. The van der Waals surface area contributed by atoms with E-state index in [1.165, 1.54) is 20.2 Å². The molecule has 5 heteroatoms. The third-order valence-corrected chi connectivity index (χ3v) is 9.33. The van der Waals surface area contributed by atoms with Crippen LogP contribution in [-0.2, 0) is 21.1 Å². The van der Waals surface area contributed by atoms with Gasteiger partial charge in [0.25, 0.3) is 0 Å². The first-order valence-corrected chi connectivity index (χ1v) is 15.9. The summed E-state index contributed by atoms with van der Waals surface area (Å²) in [4.78, 5) is 2.34. The van der Waals surface area contributed by atoms with Gasteiger partial charge >= 0.3 is 0 Å². The van der Waals surface area contributed by atoms with Crippen molar-refractivity contribution in [3.8, 4) is 45.3 Å². The molecule has 0 saturated heterocycles. The van der Waals surface area contributed by atoms with Gasteiger partial charge in [0.2, 0.25) is 0 Å². The van der Waals surface area contributed by atoms with Crippen molar-refractivity contribution in [3.05, 3.63) is 164 Å². The Kier molecular flexibility index (Phi) is 7.61. The van der Waals surface area contributed by atoms with Crippen LogP contribution in [0.15, 0.2) is 146 Å². The van der Waals surface area contributed by atoms with Crippen molar-refractivity contribution < 1.29 is 30.5 Å². The van der Waals surface area contributed by atoms with Crippen molar-refractivity contribution in [1.29, 1.82) is 0 Å². The average molecular weight is 791 g/mol. The van der Waals surface area contributed by atoms with E-state index < -0.39 is 0 Å². The maximum Gasteiger partial charge on any atom is 0.0459 e. The zero-order valence-corrected chi connectivity index (χ0v) is 28.7. The predicted molar refractivity (Wildman–Crippen MR) is 188 cm³/mol. The SMILES string of the molecule is [W].[c-]1c2cccc1Oc1[c-]c(c(N(c3cccc(-c4ccccc4)c3)c3cccc4sc5ccccc5c34)cc1)-c1[c-]c(ccc1)O2. The van der Waals surface area contributed by atoms with Gasteiger partial charge in [0.1, 0.15) is 0 Å². The number of thiophene rings is 1. The monoisotopic (exact) mass is 790 g/mol. The second kappa shape index (κ2) is 12.2. The second-order valence-electron chi connectivity index (χ2n) is 11.1. The summed E-state index contributed by atoms with van der Waals surface area (Å²) in [6, 6.07) is 60.4. The molecule has 0 radical (unpaired) electrons. The van der Waals surface area contributed by atoms with Crippen LogP contribution in [-0.4, -0.2) is 0 Å². The Morgan fingerprint density at radius 2 is 1.15 bits per heavy atom. The van der Waals surface area contributed by atoms with Crippen LogP contribution in [0, 0.1) is 18.2 Å². The Morgan fingerprint density at radius 3 is 2.00 bits per heavy atom. The van der Waals surface area contributed by atoms with E-state index in [0.29, 0.717) is 23.0 Å². The van der Waals surface area contributed by atoms with Crippen molar-refractivity contribution in [3.63, 3.8) is 0 Å². The molecule has 0 unspecified atom stereocenters. The molecule has 0 N–H and O–H groups in total. The molecule has 2 heterocycles. The summed E-state index contributed by atoms with van der Waals surface area (Å²) in [6.45, 7) is 0. The third-order valence-electron chi connectivity index (χ3n) is 8.19. The first-order valence-electron chi connectivity index (χ1n) is 15.1. The first-order chi connectivity index (χ1) is 22.8. The van der Waals surface area contributed by atoms with Crippen LogP contribution >= 0.6 is 11.3 Å². The van der Waals surface area contributed by atoms with Crippen molar-refractivity contribution in [2.45, 2.75) is 0 Å². The molecule has 0 fully saturated rings. The molecule has 7 aromatic carbocycles. The van der Waals surface area contributed by atoms with Crippen molar-refractivity contribution in [2.24, 2.45) is 0 Å². The molecule has 1 aliphatic heterocycles. The molecule has 8 aromatic rings. The van der Waals surface area contributed by atoms with Gasteiger partial charge in [-0.25, -0.2) is 5.56 Å². The standard InChI is InChI=1S/C42H24NO2S.W/c1-2-10-28(11-3-1)29-12-6-14-31(24-29)43(39-19-9-21-41-42(39)36-18-4-5-20-40(36)46-41)38-23-22-35-27-37(38)30-13-7-15-32(25-30)44-33-16-8-17-34(26-33)45-35;/h1-24H;/q-3;. The largest absolute Gasteiger partial charge is 0.504 e. The minimum Gasteiger partial charge on any atom is -0.504 e. The second-order valence-corrected chi connectivity index (χ2v) is 12.2. The van der Waals surface area contributed by atoms with Gasteiger partial charge in [-0.05, 0) is 41.5 Å². The molecule has 224 valence electrons. The molecule has 0 amide bonds. The number of fused-ring (bicyclic) bond motifs is 10. The van der Waals surface area contributed by atoms with Gasteiger partial charge in [-0.3, -0.25) is 0 Å². The first kappa shape index (κ1) is 29.3. The van der Waals surface area contributed by atoms with E-state index in [4.69, 9.17) is 9.47 Å². The van der Waals surface area contributed by atoms with E-state index in [1.807, 2.05) is 59.9 Å². The summed E-state index contributed by atoms with van der Waals surface area (Å²) in [5.74, 6) is 2.31. The van der Waals surface area contributed by atoms with Crippen LogP contribution in [0.25, 0.3) is 42.4 Å². The molecule has 0 atom stereocenters. The van der Waals surface area contributed by atoms with E-state index >= 15 is 0 Å². The third kappa shape index (κ3) is 5.40. The number of rotatable bonds is 4. The topological polar surface area (TPSA) is 21.7 Å². The summed E-state index contributed by atoms with van der Waals surface area (Å²) in [6.07, 6.45) is 0. The normalized spacial score (nSPS) is 11.6. The molecule has 1 aromatic heterocycles. The summed E-state index contributed by atoms with van der Waals surface area (Å²) >= 11 is 1.82. The molecular formula is C42H24NO2SW-3. The summed E-state index contributed by atoms with van der Waals surface area (Å²) in [7, 11) is 0. The average Bonchev–Trinajstić information content (AvgIpc) is 3.49. The predicted octanol–water partition coefficient (Wildman–Crippen LogP) is 12.2. The van der Waals surface area contributed by atoms with Crippen LogP contribution < -0.4 is 14.4 Å². The fourth-order valence-corrected chi connectivity index (χ4v) is 7.29. The van der Waals surface area contributed by atoms with Gasteiger partial charge < -0.3 is 14.4 Å². The zero-order chi connectivity index (χ0) is 30.5. The Labute approximate surface area is 291 Å². The summed E-state index contributed by atoms with van der Waals surface area (Å²) in [5, 5.41) is 2.44. The summed E-state index contributed by atoms with van der Waals surface area (Å²) < 4.78 is 15.0. The molecule has 0 aliphatic carbocycles. The quantitative estimate of drug-likeness (QED) is 0.166. The van der Waals surface area contributed by atoms with E-state index in [1.54, 1.807) is 0 Å². The fraction of sp³-hybridized carbons (Fsp3) is 0. The Bertz CT molecular complexity index is 2400. The molecule has 0 saturated carbocycles. The molecule has 1 aliphatic rings. The zero-order valence-electron chi connectivity index (χ0n) is 24.9. The maximum atomic E-state index is 6.29. The van der Waals surface area contributed by atoms with E-state index in [0.717, 1.165) is 39.3 Å². The van der Waals surface area contributed by atoms with Crippen LogP contribution in [0.3, 0.4) is 0 Å². The van der Waals surface area contributed by atoms with Gasteiger partial charge in [0, 0.05) is 75.6 Å². The van der Waals surface area contributed by atoms with Crippen LogP contribution in [0.5, 0.6) is 23.0 Å². The van der Waals surface area contributed by atoms with Gasteiger partial charge in [-0.1, -0.05) is 78.5 Å². The van der Waals surface area contributed by atoms with Crippen LogP contribution in [0.1, 0.15) is 0 Å². The fourth-order valence-electron chi connectivity index (χ4n) is 6.16. The minimum absolute atomic E-state index is 0. The molecule has 47 heavy (non-hydrogen) atoms. The molecule has 9 rings (SSSR count). The van der Waals surface area contributed by atoms with Crippen molar-refractivity contribution in [1.82, 2.24) is 0 Å². The molecule has 0 spiro atoms. The van der Waals surface area contributed by atoms with Gasteiger partial charge in [0.15, 0.2) is 0 Å². The number of hydrogen-bond donors (Lipinski definition) is 0. The minimum atomic E-state index is 0. The van der Waals surface area contributed by atoms with Gasteiger partial charge in [-0.2, -0.15) is 23.8 Å². The van der Waals surface area contributed by atoms with Crippen molar-refractivity contribution >= 4 is 48.6 Å². The van der Waals surface area contributed by atoms with Gasteiger partial charge in [0.05, 0.1) is 0 Å². The number of benzene rings is 7. The summed E-state index contributed by atoms with van der Waals surface area (Å²) in [5.41, 5.74) is 7.05. The Balaban J connectivity index is 0.00000324. The molecule has 3 nitrogen and oxygen atoms in total. The molecule has 6 bridgehead atoms. The van der Waals surface area contributed by atoms with E-state index in [9.17, 15) is 0 Å². The van der Waals surface area contributed by atoms with Crippen LogP contribution in [0.2, 0.25) is 0 Å². The molecular weight excluding hydrogens is 766 g/mol. The van der Waals surface area contributed by atoms with E-state index in [-0.39, 0.29) is 21.1 Å². The Hall–Kier alpha value is -5.15. The number of ether oxygens (including phenoxy) is 2.